The second-order valence-corrected chi connectivity index (χ2v) is 7.26. The molecule has 3 aromatic rings. The van der Waals surface area contributed by atoms with Crippen LogP contribution in [0.2, 0.25) is 0 Å². The maximum absolute atomic E-state index is 5.45. The first-order valence-corrected chi connectivity index (χ1v) is 9.21. The summed E-state index contributed by atoms with van der Waals surface area (Å²) in [7, 11) is 7.52. The predicted octanol–water partition coefficient (Wildman–Crippen LogP) is 4.22. The molecule has 0 saturated heterocycles. The van der Waals surface area contributed by atoms with Gasteiger partial charge in [-0.1, -0.05) is 23.9 Å². The molecule has 4 nitrogen and oxygen atoms in total. The Morgan fingerprint density at radius 2 is 1.73 bits per heavy atom. The van der Waals surface area contributed by atoms with Gasteiger partial charge in [-0.15, -0.1) is 0 Å². The molecule has 0 saturated carbocycles. The predicted molar refractivity (Wildman–Crippen MR) is 107 cm³/mol. The summed E-state index contributed by atoms with van der Waals surface area (Å²) in [4.78, 5) is 3.36. The van der Waals surface area contributed by atoms with Crippen molar-refractivity contribution in [2.75, 3.05) is 26.2 Å². The van der Waals surface area contributed by atoms with E-state index < -0.39 is 0 Å². The highest BCUT2D eigenvalue weighted by Crippen LogP contribution is 2.49. The number of hydrogen-bond acceptors (Lipinski definition) is 4. The van der Waals surface area contributed by atoms with Crippen LogP contribution in [0.4, 0.5) is 5.69 Å². The second kappa shape index (κ2) is 6.57. The SMILES string of the molecule is COc1cc2c(cc1OC)N(C)/C(=C/c1ccc3ccccc3[n+]1C)S2. The number of rotatable bonds is 3. The smallest absolute Gasteiger partial charge is 0.212 e. The molecule has 1 aromatic heterocycles. The van der Waals surface area contributed by atoms with Gasteiger partial charge in [0, 0.05) is 47.7 Å². The average molecular weight is 365 g/mol. The Bertz CT molecular complexity index is 1030. The topological polar surface area (TPSA) is 25.6 Å². The molecule has 5 heteroatoms. The van der Waals surface area contributed by atoms with E-state index >= 15 is 0 Å². The number of aryl methyl sites for hydroxylation is 1. The lowest BCUT2D eigenvalue weighted by molar-refractivity contribution is -0.646. The monoisotopic (exact) mass is 365 g/mol. The number of fused-ring (bicyclic) bond motifs is 2. The van der Waals surface area contributed by atoms with E-state index in [1.165, 1.54) is 20.8 Å². The fourth-order valence-corrected chi connectivity index (χ4v) is 4.36. The molecule has 0 amide bonds. The lowest BCUT2D eigenvalue weighted by Gasteiger charge is -2.15. The standard InChI is InChI=1S/C21H21N2O2S/c1-22-15(10-9-14-7-5-6-8-16(14)22)11-21-23(2)17-12-18(24-3)19(25-4)13-20(17)26-21/h5-13H,1-4H3/q+1. The van der Waals surface area contributed by atoms with Crippen molar-refractivity contribution in [3.05, 3.63) is 59.3 Å². The molecule has 4 rings (SSSR count). The molecule has 0 N–H and O–H groups in total. The Balaban J connectivity index is 1.76. The highest BCUT2D eigenvalue weighted by atomic mass is 32.2. The van der Waals surface area contributed by atoms with Gasteiger partial charge in [-0.25, -0.2) is 0 Å². The van der Waals surface area contributed by atoms with Gasteiger partial charge in [0.1, 0.15) is 7.05 Å². The first-order chi connectivity index (χ1) is 12.6. The number of benzene rings is 2. The quantitative estimate of drug-likeness (QED) is 0.649. The zero-order valence-corrected chi connectivity index (χ0v) is 16.1. The molecule has 0 unspecified atom stereocenters. The van der Waals surface area contributed by atoms with Gasteiger partial charge in [-0.05, 0) is 12.1 Å². The van der Waals surface area contributed by atoms with Crippen LogP contribution in [-0.2, 0) is 7.05 Å². The van der Waals surface area contributed by atoms with E-state index in [0.29, 0.717) is 0 Å². The third kappa shape index (κ3) is 2.69. The number of ether oxygens (including phenoxy) is 2. The molecule has 132 valence electrons. The third-order valence-corrected chi connectivity index (χ3v) is 5.91. The maximum atomic E-state index is 5.45. The summed E-state index contributed by atoms with van der Waals surface area (Å²) < 4.78 is 13.1. The zero-order valence-electron chi connectivity index (χ0n) is 15.3. The van der Waals surface area contributed by atoms with E-state index in [2.05, 4.69) is 66.0 Å². The minimum absolute atomic E-state index is 0.746. The van der Waals surface area contributed by atoms with E-state index in [1.54, 1.807) is 26.0 Å². The normalized spacial score (nSPS) is 14.8. The third-order valence-electron chi connectivity index (χ3n) is 4.76. The Morgan fingerprint density at radius 1 is 1.00 bits per heavy atom. The van der Waals surface area contributed by atoms with Gasteiger partial charge in [0.2, 0.25) is 11.2 Å². The van der Waals surface area contributed by atoms with Crippen LogP contribution in [0, 0.1) is 0 Å². The highest BCUT2D eigenvalue weighted by molar-refractivity contribution is 8.03. The number of hydrogen-bond donors (Lipinski definition) is 0. The first-order valence-electron chi connectivity index (χ1n) is 8.39. The van der Waals surface area contributed by atoms with Crippen LogP contribution >= 0.6 is 11.8 Å². The minimum Gasteiger partial charge on any atom is -0.493 e. The summed E-state index contributed by atoms with van der Waals surface area (Å²) in [5, 5.41) is 2.41. The molecule has 0 spiro atoms. The van der Waals surface area contributed by atoms with Crippen molar-refractivity contribution < 1.29 is 14.0 Å². The largest absolute Gasteiger partial charge is 0.493 e. The van der Waals surface area contributed by atoms with E-state index in [1.807, 2.05) is 12.1 Å². The summed E-state index contributed by atoms with van der Waals surface area (Å²) >= 11 is 1.74. The van der Waals surface area contributed by atoms with E-state index in [9.17, 15) is 0 Å². The molecule has 1 aliphatic heterocycles. The molecule has 26 heavy (non-hydrogen) atoms. The summed E-state index contributed by atoms with van der Waals surface area (Å²) in [5.41, 5.74) is 3.50. The van der Waals surface area contributed by atoms with Crippen molar-refractivity contribution in [3.63, 3.8) is 0 Å². The van der Waals surface area contributed by atoms with Crippen molar-refractivity contribution >= 4 is 34.4 Å². The van der Waals surface area contributed by atoms with Gasteiger partial charge in [-0.2, -0.15) is 4.57 Å². The van der Waals surface area contributed by atoms with Crippen molar-refractivity contribution in [1.82, 2.24) is 0 Å². The van der Waals surface area contributed by atoms with Gasteiger partial charge < -0.3 is 14.4 Å². The van der Waals surface area contributed by atoms with E-state index in [-0.39, 0.29) is 0 Å². The summed E-state index contributed by atoms with van der Waals surface area (Å²) in [6.07, 6.45) is 2.22. The summed E-state index contributed by atoms with van der Waals surface area (Å²) in [6.45, 7) is 0. The fourth-order valence-electron chi connectivity index (χ4n) is 3.25. The molecule has 0 aliphatic carbocycles. The number of nitrogens with zero attached hydrogens (tertiary/aromatic N) is 2. The van der Waals surface area contributed by atoms with Gasteiger partial charge >= 0.3 is 0 Å². The Kier molecular flexibility index (Phi) is 4.24. The Hall–Kier alpha value is -2.66. The van der Waals surface area contributed by atoms with Crippen LogP contribution in [0.1, 0.15) is 5.69 Å². The van der Waals surface area contributed by atoms with Gasteiger partial charge in [-0.3, -0.25) is 0 Å². The number of para-hydroxylation sites is 1. The molecule has 0 bridgehead atoms. The number of methoxy groups -OCH3 is 2. The number of pyridine rings is 1. The van der Waals surface area contributed by atoms with Gasteiger partial charge in [0.15, 0.2) is 11.5 Å². The molecule has 0 atom stereocenters. The molecule has 1 aliphatic rings. The van der Waals surface area contributed by atoms with Crippen molar-refractivity contribution in [1.29, 1.82) is 0 Å². The van der Waals surface area contributed by atoms with E-state index in [4.69, 9.17) is 9.47 Å². The van der Waals surface area contributed by atoms with Crippen LogP contribution in [-0.4, -0.2) is 21.3 Å². The zero-order chi connectivity index (χ0) is 18.3. The second-order valence-electron chi connectivity index (χ2n) is 6.19. The van der Waals surface area contributed by atoms with Crippen LogP contribution in [0.15, 0.2) is 58.5 Å². The van der Waals surface area contributed by atoms with Crippen molar-refractivity contribution in [3.8, 4) is 11.5 Å². The van der Waals surface area contributed by atoms with Crippen LogP contribution in [0.3, 0.4) is 0 Å². The van der Waals surface area contributed by atoms with E-state index in [0.717, 1.165) is 22.9 Å². The van der Waals surface area contributed by atoms with Crippen molar-refractivity contribution in [2.45, 2.75) is 4.90 Å². The first kappa shape index (κ1) is 16.8. The van der Waals surface area contributed by atoms with Gasteiger partial charge in [0.25, 0.3) is 0 Å². The molecule has 2 heterocycles. The minimum atomic E-state index is 0.746. The van der Waals surface area contributed by atoms with Gasteiger partial charge in [0.05, 0.1) is 24.9 Å². The number of thioether (sulfide) groups is 1. The fraction of sp³-hybridized carbons (Fsp3) is 0.190. The lowest BCUT2D eigenvalue weighted by Crippen LogP contribution is -2.32. The number of aromatic nitrogens is 1. The molecular formula is C21H21N2O2S+. The van der Waals surface area contributed by atoms with Crippen LogP contribution in [0.25, 0.3) is 17.0 Å². The van der Waals surface area contributed by atoms with Crippen LogP contribution < -0.4 is 18.9 Å². The molecule has 0 fully saturated rings. The molecular weight excluding hydrogens is 344 g/mol. The number of anilines is 1. The molecule has 0 radical (unpaired) electrons. The average Bonchev–Trinajstić information content (AvgIpc) is 2.98. The molecule has 2 aromatic carbocycles. The van der Waals surface area contributed by atoms with Crippen LogP contribution in [0.5, 0.6) is 11.5 Å². The van der Waals surface area contributed by atoms with Crippen molar-refractivity contribution in [2.24, 2.45) is 7.05 Å². The summed E-state index contributed by atoms with van der Waals surface area (Å²) in [6, 6.07) is 16.8. The summed E-state index contributed by atoms with van der Waals surface area (Å²) in [5.74, 6) is 1.50. The Morgan fingerprint density at radius 3 is 2.50 bits per heavy atom. The highest BCUT2D eigenvalue weighted by Gasteiger charge is 2.26. The Labute approximate surface area is 157 Å². The lowest BCUT2D eigenvalue weighted by atomic mass is 10.2. The maximum Gasteiger partial charge on any atom is 0.212 e.